The Balaban J connectivity index is 2.94. The van der Waals surface area contributed by atoms with Gasteiger partial charge in [0.1, 0.15) is 5.82 Å². The molecular weight excluding hydrogens is 282 g/mol. The van der Waals surface area contributed by atoms with E-state index in [1.165, 1.54) is 6.07 Å². The Bertz CT molecular complexity index is 326. The van der Waals surface area contributed by atoms with E-state index in [0.717, 1.165) is 0 Å². The standard InChI is InChI=1S/C9H10FIN2/c1-2-3-13-9-4-6(10)7(11)5-8(9)12/h2,4-5,13H,1,3,12H2. The zero-order valence-corrected chi connectivity index (χ0v) is 9.14. The quantitative estimate of drug-likeness (QED) is 0.510. The summed E-state index contributed by atoms with van der Waals surface area (Å²) in [7, 11) is 0. The Morgan fingerprint density at radius 3 is 2.92 bits per heavy atom. The van der Waals surface area contributed by atoms with E-state index in [1.54, 1.807) is 12.1 Å². The van der Waals surface area contributed by atoms with E-state index < -0.39 is 0 Å². The summed E-state index contributed by atoms with van der Waals surface area (Å²) >= 11 is 1.90. The Morgan fingerprint density at radius 2 is 2.31 bits per heavy atom. The molecule has 0 saturated heterocycles. The summed E-state index contributed by atoms with van der Waals surface area (Å²) < 4.78 is 13.6. The third-order valence-corrected chi connectivity index (χ3v) is 2.36. The third kappa shape index (κ3) is 2.58. The van der Waals surface area contributed by atoms with E-state index in [4.69, 9.17) is 5.73 Å². The molecule has 3 N–H and O–H groups in total. The van der Waals surface area contributed by atoms with Crippen molar-refractivity contribution in [2.45, 2.75) is 0 Å². The maximum Gasteiger partial charge on any atom is 0.138 e. The van der Waals surface area contributed by atoms with Crippen LogP contribution in [0.25, 0.3) is 0 Å². The van der Waals surface area contributed by atoms with Crippen LogP contribution in [0.4, 0.5) is 15.8 Å². The molecule has 0 bridgehead atoms. The largest absolute Gasteiger partial charge is 0.397 e. The van der Waals surface area contributed by atoms with Gasteiger partial charge < -0.3 is 11.1 Å². The Kier molecular flexibility index (Phi) is 3.53. The first-order valence-corrected chi connectivity index (χ1v) is 4.82. The fraction of sp³-hybridized carbons (Fsp3) is 0.111. The SMILES string of the molecule is C=CCNc1cc(F)c(I)cc1N. The molecule has 0 saturated carbocycles. The van der Waals surface area contributed by atoms with Crippen molar-refractivity contribution in [3.63, 3.8) is 0 Å². The van der Waals surface area contributed by atoms with Crippen molar-refractivity contribution in [2.75, 3.05) is 17.6 Å². The number of halogens is 2. The molecule has 0 heterocycles. The number of hydrogen-bond acceptors (Lipinski definition) is 2. The first-order valence-electron chi connectivity index (χ1n) is 3.74. The number of hydrogen-bond donors (Lipinski definition) is 2. The summed E-state index contributed by atoms with van der Waals surface area (Å²) in [5, 5.41) is 2.94. The van der Waals surface area contributed by atoms with Crippen LogP contribution >= 0.6 is 22.6 Å². The van der Waals surface area contributed by atoms with Gasteiger partial charge in [-0.1, -0.05) is 6.08 Å². The van der Waals surface area contributed by atoms with Crippen LogP contribution in [-0.4, -0.2) is 6.54 Å². The summed E-state index contributed by atoms with van der Waals surface area (Å²) in [5.74, 6) is -0.263. The van der Waals surface area contributed by atoms with Gasteiger partial charge in [-0.25, -0.2) is 4.39 Å². The van der Waals surface area contributed by atoms with E-state index in [-0.39, 0.29) is 5.82 Å². The molecule has 4 heteroatoms. The second-order valence-electron chi connectivity index (χ2n) is 2.52. The molecule has 70 valence electrons. The van der Waals surface area contributed by atoms with Gasteiger partial charge in [0.15, 0.2) is 0 Å². The number of benzene rings is 1. The molecule has 0 atom stereocenters. The highest BCUT2D eigenvalue weighted by atomic mass is 127. The lowest BCUT2D eigenvalue weighted by Gasteiger charge is -2.07. The predicted octanol–water partition coefficient (Wildman–Crippen LogP) is 2.61. The van der Waals surface area contributed by atoms with E-state index in [2.05, 4.69) is 11.9 Å². The first kappa shape index (κ1) is 10.3. The number of nitrogen functional groups attached to an aromatic ring is 1. The molecule has 0 spiro atoms. The highest BCUT2D eigenvalue weighted by Crippen LogP contribution is 2.23. The highest BCUT2D eigenvalue weighted by molar-refractivity contribution is 14.1. The van der Waals surface area contributed by atoms with Crippen molar-refractivity contribution in [3.8, 4) is 0 Å². The van der Waals surface area contributed by atoms with Crippen molar-refractivity contribution in [2.24, 2.45) is 0 Å². The van der Waals surface area contributed by atoms with E-state index >= 15 is 0 Å². The van der Waals surface area contributed by atoms with Gasteiger partial charge >= 0.3 is 0 Å². The van der Waals surface area contributed by atoms with Crippen LogP contribution in [0.1, 0.15) is 0 Å². The molecule has 13 heavy (non-hydrogen) atoms. The second-order valence-corrected chi connectivity index (χ2v) is 3.69. The Labute approximate surface area is 90.2 Å². The molecule has 0 fully saturated rings. The zero-order valence-electron chi connectivity index (χ0n) is 6.98. The number of rotatable bonds is 3. The molecule has 0 aliphatic carbocycles. The normalized spacial score (nSPS) is 9.69. The zero-order chi connectivity index (χ0) is 9.84. The maximum atomic E-state index is 13.1. The minimum Gasteiger partial charge on any atom is -0.397 e. The molecule has 0 amide bonds. The maximum absolute atomic E-state index is 13.1. The molecule has 1 aromatic carbocycles. The average molecular weight is 292 g/mol. The van der Waals surface area contributed by atoms with Crippen LogP contribution in [0.5, 0.6) is 0 Å². The van der Waals surface area contributed by atoms with Crippen molar-refractivity contribution < 1.29 is 4.39 Å². The number of nitrogens with one attached hydrogen (secondary N) is 1. The van der Waals surface area contributed by atoms with Gasteiger partial charge in [-0.15, -0.1) is 6.58 Å². The lowest BCUT2D eigenvalue weighted by Crippen LogP contribution is -2.02. The fourth-order valence-electron chi connectivity index (χ4n) is 0.897. The lowest BCUT2D eigenvalue weighted by atomic mass is 10.2. The van der Waals surface area contributed by atoms with Crippen molar-refractivity contribution >= 4 is 34.0 Å². The van der Waals surface area contributed by atoms with Crippen molar-refractivity contribution in [3.05, 3.63) is 34.2 Å². The van der Waals surface area contributed by atoms with Gasteiger partial charge in [0, 0.05) is 12.6 Å². The summed E-state index contributed by atoms with van der Waals surface area (Å²) in [6.45, 7) is 4.12. The molecule has 0 radical (unpaired) electrons. The first-order chi connectivity index (χ1) is 6.15. The number of nitrogens with two attached hydrogens (primary N) is 1. The molecule has 0 aliphatic heterocycles. The topological polar surface area (TPSA) is 38.0 Å². The van der Waals surface area contributed by atoms with Crippen molar-refractivity contribution in [1.29, 1.82) is 0 Å². The van der Waals surface area contributed by atoms with Crippen LogP contribution in [0.15, 0.2) is 24.8 Å². The van der Waals surface area contributed by atoms with E-state index in [9.17, 15) is 4.39 Å². The Morgan fingerprint density at radius 1 is 1.62 bits per heavy atom. The van der Waals surface area contributed by atoms with Gasteiger partial charge in [0.05, 0.1) is 14.9 Å². The minimum absolute atomic E-state index is 0.263. The van der Waals surface area contributed by atoms with E-state index in [1.807, 2.05) is 22.6 Å². The molecule has 1 aromatic rings. The van der Waals surface area contributed by atoms with Gasteiger partial charge in [-0.05, 0) is 28.7 Å². The van der Waals surface area contributed by atoms with Crippen LogP contribution < -0.4 is 11.1 Å². The summed E-state index contributed by atoms with van der Waals surface area (Å²) in [5.41, 5.74) is 6.82. The van der Waals surface area contributed by atoms with Gasteiger partial charge in [0.2, 0.25) is 0 Å². The monoisotopic (exact) mass is 292 g/mol. The molecule has 0 unspecified atom stereocenters. The fourth-order valence-corrected chi connectivity index (χ4v) is 1.39. The second kappa shape index (κ2) is 4.45. The van der Waals surface area contributed by atoms with Crippen LogP contribution in [0.3, 0.4) is 0 Å². The van der Waals surface area contributed by atoms with Crippen LogP contribution in [0, 0.1) is 9.39 Å². The van der Waals surface area contributed by atoms with E-state index in [0.29, 0.717) is 21.5 Å². The van der Waals surface area contributed by atoms with Gasteiger partial charge in [-0.2, -0.15) is 0 Å². The molecular formula is C9H10FIN2. The van der Waals surface area contributed by atoms with Crippen LogP contribution in [-0.2, 0) is 0 Å². The molecule has 1 rings (SSSR count). The molecule has 2 nitrogen and oxygen atoms in total. The minimum atomic E-state index is -0.263. The van der Waals surface area contributed by atoms with Gasteiger partial charge in [-0.3, -0.25) is 0 Å². The van der Waals surface area contributed by atoms with Crippen molar-refractivity contribution in [1.82, 2.24) is 0 Å². The average Bonchev–Trinajstić information content (AvgIpc) is 2.09. The van der Waals surface area contributed by atoms with Gasteiger partial charge in [0.25, 0.3) is 0 Å². The molecule has 0 aromatic heterocycles. The lowest BCUT2D eigenvalue weighted by molar-refractivity contribution is 0.621. The molecule has 0 aliphatic rings. The third-order valence-electron chi connectivity index (χ3n) is 1.53. The Hall–Kier alpha value is -0.780. The summed E-state index contributed by atoms with van der Waals surface area (Å²) in [4.78, 5) is 0. The predicted molar refractivity (Wildman–Crippen MR) is 62.2 cm³/mol. The number of anilines is 2. The summed E-state index contributed by atoms with van der Waals surface area (Å²) in [6, 6.07) is 2.99. The van der Waals surface area contributed by atoms with Crippen LogP contribution in [0.2, 0.25) is 0 Å². The smallest absolute Gasteiger partial charge is 0.138 e. The summed E-state index contributed by atoms with van der Waals surface area (Å²) in [6.07, 6.45) is 1.69. The highest BCUT2D eigenvalue weighted by Gasteiger charge is 2.04.